The van der Waals surface area contributed by atoms with Gasteiger partial charge in [0.1, 0.15) is 10.9 Å². The van der Waals surface area contributed by atoms with Gasteiger partial charge in [-0.1, -0.05) is 5.16 Å². The van der Waals surface area contributed by atoms with Crippen LogP contribution in [0.2, 0.25) is 0 Å². The minimum Gasteiger partial charge on any atom is -0.381 e. The second-order valence-corrected chi connectivity index (χ2v) is 6.20. The van der Waals surface area contributed by atoms with E-state index < -0.39 is 0 Å². The summed E-state index contributed by atoms with van der Waals surface area (Å²) in [5, 5.41) is 6.88. The summed E-state index contributed by atoms with van der Waals surface area (Å²) in [7, 11) is 0. The smallest absolute Gasteiger partial charge is 0.263 e. The molecule has 3 heterocycles. The molecule has 118 valence electrons. The standard InChI is InChI=1S/C14H18N4O3S/c1-8-12(22-7-15-8)13(19)17-11(10-3-5-20-6-4-10)14-16-9(2)18-21-14/h7,10-11H,3-6H2,1-2H3,(H,17,19)/t11-/m1/s1. The molecule has 0 aromatic carbocycles. The number of nitrogens with zero attached hydrogens (tertiary/aromatic N) is 3. The van der Waals surface area contributed by atoms with Gasteiger partial charge in [0.25, 0.3) is 5.91 Å². The fraction of sp³-hybridized carbons (Fsp3) is 0.571. The Kier molecular flexibility index (Phi) is 4.49. The van der Waals surface area contributed by atoms with Crippen molar-refractivity contribution in [2.24, 2.45) is 5.92 Å². The lowest BCUT2D eigenvalue weighted by atomic mass is 9.91. The second-order valence-electron chi connectivity index (χ2n) is 5.35. The summed E-state index contributed by atoms with van der Waals surface area (Å²) in [4.78, 5) is 21.5. The topological polar surface area (TPSA) is 90.1 Å². The highest BCUT2D eigenvalue weighted by atomic mass is 32.1. The molecule has 1 N–H and O–H groups in total. The molecule has 8 heteroatoms. The number of hydrogen-bond donors (Lipinski definition) is 1. The van der Waals surface area contributed by atoms with Gasteiger partial charge >= 0.3 is 0 Å². The number of nitrogens with one attached hydrogen (secondary N) is 1. The van der Waals surface area contributed by atoms with Crippen LogP contribution >= 0.6 is 11.3 Å². The van der Waals surface area contributed by atoms with Gasteiger partial charge in [0, 0.05) is 13.2 Å². The predicted octanol–water partition coefficient (Wildman–Crippen LogP) is 2.04. The van der Waals surface area contributed by atoms with Crippen molar-refractivity contribution in [3.8, 4) is 0 Å². The fourth-order valence-electron chi connectivity index (χ4n) is 2.60. The Labute approximate surface area is 132 Å². The van der Waals surface area contributed by atoms with Gasteiger partial charge in [0.15, 0.2) is 5.82 Å². The van der Waals surface area contributed by atoms with Crippen LogP contribution in [0.1, 0.15) is 46.0 Å². The van der Waals surface area contributed by atoms with Crippen molar-refractivity contribution < 1.29 is 14.1 Å². The van der Waals surface area contributed by atoms with Crippen LogP contribution < -0.4 is 5.32 Å². The summed E-state index contributed by atoms with van der Waals surface area (Å²) in [5.74, 6) is 1.10. The Morgan fingerprint density at radius 3 is 2.77 bits per heavy atom. The highest BCUT2D eigenvalue weighted by molar-refractivity contribution is 7.11. The van der Waals surface area contributed by atoms with Crippen LogP contribution in [0.3, 0.4) is 0 Å². The summed E-state index contributed by atoms with van der Waals surface area (Å²) in [5.41, 5.74) is 2.40. The maximum absolute atomic E-state index is 12.5. The first kappa shape index (κ1) is 15.1. The molecular formula is C14H18N4O3S. The van der Waals surface area contributed by atoms with Gasteiger partial charge in [-0.25, -0.2) is 4.98 Å². The highest BCUT2D eigenvalue weighted by Crippen LogP contribution is 2.30. The van der Waals surface area contributed by atoms with Gasteiger partial charge in [-0.3, -0.25) is 4.79 Å². The molecule has 1 amide bonds. The van der Waals surface area contributed by atoms with Crippen LogP contribution in [0.4, 0.5) is 0 Å². The van der Waals surface area contributed by atoms with Crippen LogP contribution in [0.25, 0.3) is 0 Å². The lowest BCUT2D eigenvalue weighted by Crippen LogP contribution is -2.36. The van der Waals surface area contributed by atoms with E-state index in [1.165, 1.54) is 11.3 Å². The summed E-state index contributed by atoms with van der Waals surface area (Å²) in [6, 6.07) is -0.293. The quantitative estimate of drug-likeness (QED) is 0.926. The van der Waals surface area contributed by atoms with Gasteiger partial charge in [-0.2, -0.15) is 4.98 Å². The summed E-state index contributed by atoms with van der Waals surface area (Å²) in [6.07, 6.45) is 1.71. The average molecular weight is 322 g/mol. The van der Waals surface area contributed by atoms with E-state index in [-0.39, 0.29) is 17.9 Å². The maximum Gasteiger partial charge on any atom is 0.263 e. The Bertz CT molecular complexity index is 648. The van der Waals surface area contributed by atoms with E-state index in [1.54, 1.807) is 12.4 Å². The number of aryl methyl sites for hydroxylation is 2. The zero-order chi connectivity index (χ0) is 15.5. The molecule has 0 unspecified atom stereocenters. The number of thiazole rings is 1. The Morgan fingerprint density at radius 1 is 1.41 bits per heavy atom. The first-order chi connectivity index (χ1) is 10.6. The molecule has 0 saturated carbocycles. The van der Waals surface area contributed by atoms with Gasteiger partial charge in [-0.05, 0) is 32.6 Å². The van der Waals surface area contributed by atoms with Crippen molar-refractivity contribution in [3.63, 3.8) is 0 Å². The first-order valence-corrected chi connectivity index (χ1v) is 8.12. The van der Waals surface area contributed by atoms with Gasteiger partial charge in [0.2, 0.25) is 5.89 Å². The summed E-state index contributed by atoms with van der Waals surface area (Å²) >= 11 is 1.33. The van der Waals surface area contributed by atoms with E-state index in [0.29, 0.717) is 29.8 Å². The molecule has 0 aliphatic carbocycles. The monoisotopic (exact) mass is 322 g/mol. The summed E-state index contributed by atoms with van der Waals surface area (Å²) < 4.78 is 10.7. The Balaban J connectivity index is 1.82. The average Bonchev–Trinajstić information content (AvgIpc) is 3.14. The highest BCUT2D eigenvalue weighted by Gasteiger charge is 2.32. The van der Waals surface area contributed by atoms with E-state index in [0.717, 1.165) is 18.5 Å². The fourth-order valence-corrected chi connectivity index (χ4v) is 3.30. The number of aromatic nitrogens is 3. The van der Waals surface area contributed by atoms with Crippen molar-refractivity contribution in [3.05, 3.63) is 27.8 Å². The summed E-state index contributed by atoms with van der Waals surface area (Å²) in [6.45, 7) is 4.96. The third-order valence-corrected chi connectivity index (χ3v) is 4.71. The molecule has 1 aliphatic heterocycles. The molecule has 1 atom stereocenters. The third-order valence-electron chi connectivity index (χ3n) is 3.79. The molecule has 1 saturated heterocycles. The number of carbonyl (C=O) groups excluding carboxylic acids is 1. The normalized spacial score (nSPS) is 17.4. The number of carbonyl (C=O) groups is 1. The van der Waals surface area contributed by atoms with E-state index in [4.69, 9.17) is 9.26 Å². The van der Waals surface area contributed by atoms with E-state index in [2.05, 4.69) is 20.4 Å². The van der Waals surface area contributed by atoms with Gasteiger partial charge < -0.3 is 14.6 Å². The SMILES string of the molecule is Cc1noc([C@H](NC(=O)c2scnc2C)C2CCOCC2)n1. The predicted molar refractivity (Wildman–Crippen MR) is 79.6 cm³/mol. The molecule has 0 radical (unpaired) electrons. The molecule has 7 nitrogen and oxygen atoms in total. The minimum atomic E-state index is -0.293. The van der Waals surface area contributed by atoms with E-state index in [9.17, 15) is 4.79 Å². The molecular weight excluding hydrogens is 304 g/mol. The van der Waals surface area contributed by atoms with Crippen LogP contribution in [0, 0.1) is 19.8 Å². The van der Waals surface area contributed by atoms with Gasteiger partial charge in [0.05, 0.1) is 11.2 Å². The van der Waals surface area contributed by atoms with Crippen molar-refractivity contribution in [1.82, 2.24) is 20.4 Å². The Hall–Kier alpha value is -1.80. The zero-order valence-electron chi connectivity index (χ0n) is 12.5. The lowest BCUT2D eigenvalue weighted by molar-refractivity contribution is 0.0468. The van der Waals surface area contributed by atoms with Crippen LogP contribution in [-0.4, -0.2) is 34.2 Å². The van der Waals surface area contributed by atoms with Gasteiger partial charge in [-0.15, -0.1) is 11.3 Å². The molecule has 0 bridgehead atoms. The van der Waals surface area contributed by atoms with Crippen molar-refractivity contribution in [2.45, 2.75) is 32.7 Å². The molecule has 0 spiro atoms. The van der Waals surface area contributed by atoms with E-state index >= 15 is 0 Å². The molecule has 3 rings (SSSR count). The van der Waals surface area contributed by atoms with Crippen molar-refractivity contribution >= 4 is 17.2 Å². The van der Waals surface area contributed by atoms with Crippen LogP contribution in [-0.2, 0) is 4.74 Å². The number of ether oxygens (including phenoxy) is 1. The van der Waals surface area contributed by atoms with Crippen LogP contribution in [0.5, 0.6) is 0 Å². The first-order valence-electron chi connectivity index (χ1n) is 7.24. The number of hydrogen-bond acceptors (Lipinski definition) is 7. The molecule has 2 aromatic heterocycles. The maximum atomic E-state index is 12.5. The molecule has 2 aromatic rings. The van der Waals surface area contributed by atoms with Crippen LogP contribution in [0.15, 0.2) is 10.0 Å². The lowest BCUT2D eigenvalue weighted by Gasteiger charge is -2.28. The minimum absolute atomic E-state index is 0.146. The van der Waals surface area contributed by atoms with Crippen molar-refractivity contribution in [1.29, 1.82) is 0 Å². The number of amides is 1. The second kappa shape index (κ2) is 6.53. The largest absolute Gasteiger partial charge is 0.381 e. The molecule has 1 aliphatic rings. The van der Waals surface area contributed by atoms with E-state index in [1.807, 2.05) is 6.92 Å². The number of rotatable bonds is 4. The van der Waals surface area contributed by atoms with Crippen molar-refractivity contribution in [2.75, 3.05) is 13.2 Å². The Morgan fingerprint density at radius 2 is 2.18 bits per heavy atom. The molecule has 22 heavy (non-hydrogen) atoms. The zero-order valence-corrected chi connectivity index (χ0v) is 13.4. The third kappa shape index (κ3) is 3.17. The molecule has 1 fully saturated rings.